The van der Waals surface area contributed by atoms with E-state index in [1.165, 1.54) is 0 Å². The lowest BCUT2D eigenvalue weighted by molar-refractivity contribution is 0.402. The molecule has 0 aromatic heterocycles. The Kier molecular flexibility index (Phi) is 3.07. The SMILES string of the molecule is COc1c(C)c(C)c(Cl)c(C)c1C1(C#N)CC1C. The van der Waals surface area contributed by atoms with Crippen molar-refractivity contribution in [2.24, 2.45) is 5.92 Å². The van der Waals surface area contributed by atoms with Gasteiger partial charge in [0.25, 0.3) is 0 Å². The average Bonchev–Trinajstić information content (AvgIpc) is 3.02. The second-order valence-corrected chi connectivity index (χ2v) is 5.66. The maximum atomic E-state index is 9.53. The molecule has 1 aromatic rings. The van der Waals surface area contributed by atoms with Gasteiger partial charge in [-0.3, -0.25) is 0 Å². The third-order valence-electron chi connectivity index (χ3n) is 4.32. The maximum Gasteiger partial charge on any atom is 0.127 e. The van der Waals surface area contributed by atoms with Gasteiger partial charge in [-0.05, 0) is 49.8 Å². The van der Waals surface area contributed by atoms with Gasteiger partial charge in [0.15, 0.2) is 0 Å². The zero-order valence-electron chi connectivity index (χ0n) is 11.5. The number of methoxy groups -OCH3 is 1. The van der Waals surface area contributed by atoms with Crippen molar-refractivity contribution in [3.05, 3.63) is 27.3 Å². The molecule has 2 nitrogen and oxygen atoms in total. The molecule has 0 radical (unpaired) electrons. The maximum absolute atomic E-state index is 9.53. The summed E-state index contributed by atoms with van der Waals surface area (Å²) >= 11 is 6.39. The molecule has 1 aliphatic rings. The number of ether oxygens (including phenoxy) is 1. The van der Waals surface area contributed by atoms with E-state index >= 15 is 0 Å². The van der Waals surface area contributed by atoms with Gasteiger partial charge in [0, 0.05) is 10.6 Å². The van der Waals surface area contributed by atoms with E-state index in [-0.39, 0.29) is 0 Å². The molecule has 2 atom stereocenters. The highest BCUT2D eigenvalue weighted by molar-refractivity contribution is 6.32. The molecular formula is C15H18ClNO. The largest absolute Gasteiger partial charge is 0.496 e. The molecular weight excluding hydrogens is 246 g/mol. The second-order valence-electron chi connectivity index (χ2n) is 5.29. The molecule has 18 heavy (non-hydrogen) atoms. The van der Waals surface area contributed by atoms with Crippen molar-refractivity contribution in [1.29, 1.82) is 5.26 Å². The van der Waals surface area contributed by atoms with Gasteiger partial charge in [0.1, 0.15) is 5.75 Å². The van der Waals surface area contributed by atoms with E-state index in [2.05, 4.69) is 13.0 Å². The molecule has 3 heteroatoms. The molecule has 1 saturated carbocycles. The van der Waals surface area contributed by atoms with Crippen LogP contribution in [-0.4, -0.2) is 7.11 Å². The third kappa shape index (κ3) is 1.54. The normalized spacial score (nSPS) is 25.7. The van der Waals surface area contributed by atoms with Crippen LogP contribution < -0.4 is 4.74 Å². The summed E-state index contributed by atoms with van der Waals surface area (Å²) in [5, 5.41) is 10.3. The molecule has 2 rings (SSSR count). The first kappa shape index (κ1) is 13.2. The number of hydrogen-bond donors (Lipinski definition) is 0. The minimum absolute atomic E-state index is 0.369. The Balaban J connectivity index is 2.80. The number of benzene rings is 1. The van der Waals surface area contributed by atoms with Crippen molar-refractivity contribution >= 4 is 11.6 Å². The summed E-state index contributed by atoms with van der Waals surface area (Å²) in [6, 6.07) is 2.47. The molecule has 1 aliphatic carbocycles. The van der Waals surface area contributed by atoms with E-state index in [0.29, 0.717) is 5.92 Å². The number of hydrogen-bond acceptors (Lipinski definition) is 2. The van der Waals surface area contributed by atoms with Gasteiger partial charge in [-0.25, -0.2) is 0 Å². The van der Waals surface area contributed by atoms with Crippen molar-refractivity contribution in [3.63, 3.8) is 0 Å². The molecule has 0 aliphatic heterocycles. The number of nitriles is 1. The molecule has 1 fully saturated rings. The first-order valence-corrected chi connectivity index (χ1v) is 6.53. The zero-order valence-corrected chi connectivity index (χ0v) is 12.3. The highest BCUT2D eigenvalue weighted by Crippen LogP contribution is 2.58. The summed E-state index contributed by atoms with van der Waals surface area (Å²) in [6.07, 6.45) is 0.888. The molecule has 0 amide bonds. The molecule has 2 unspecified atom stereocenters. The fourth-order valence-electron chi connectivity index (χ4n) is 2.86. The molecule has 0 saturated heterocycles. The van der Waals surface area contributed by atoms with Crippen LogP contribution in [0.2, 0.25) is 5.02 Å². The van der Waals surface area contributed by atoms with Crippen molar-refractivity contribution in [2.75, 3.05) is 7.11 Å². The Morgan fingerprint density at radius 3 is 2.22 bits per heavy atom. The minimum Gasteiger partial charge on any atom is -0.496 e. The molecule has 0 N–H and O–H groups in total. The predicted octanol–water partition coefficient (Wildman–Crippen LogP) is 4.08. The van der Waals surface area contributed by atoms with Crippen molar-refractivity contribution in [1.82, 2.24) is 0 Å². The lowest BCUT2D eigenvalue weighted by Gasteiger charge is -2.21. The molecule has 0 spiro atoms. The Hall–Kier alpha value is -1.20. The van der Waals surface area contributed by atoms with Gasteiger partial charge >= 0.3 is 0 Å². The zero-order chi connectivity index (χ0) is 13.7. The summed E-state index contributed by atoms with van der Waals surface area (Å²) in [7, 11) is 1.66. The fourth-order valence-corrected chi connectivity index (χ4v) is 3.10. The van der Waals surface area contributed by atoms with Gasteiger partial charge in [-0.2, -0.15) is 5.26 Å². The molecule has 96 valence electrons. The van der Waals surface area contributed by atoms with Gasteiger partial charge in [0.2, 0.25) is 0 Å². The quantitative estimate of drug-likeness (QED) is 0.806. The monoisotopic (exact) mass is 263 g/mol. The van der Waals surface area contributed by atoms with Crippen LogP contribution in [0.3, 0.4) is 0 Å². The molecule has 0 bridgehead atoms. The Morgan fingerprint density at radius 2 is 1.83 bits per heavy atom. The summed E-state index contributed by atoms with van der Waals surface area (Å²) < 4.78 is 5.56. The third-order valence-corrected chi connectivity index (χ3v) is 4.89. The van der Waals surface area contributed by atoms with E-state index in [1.807, 2.05) is 20.8 Å². The van der Waals surface area contributed by atoms with E-state index < -0.39 is 5.41 Å². The lowest BCUT2D eigenvalue weighted by atomic mass is 9.87. The lowest BCUT2D eigenvalue weighted by Crippen LogP contribution is -2.13. The Morgan fingerprint density at radius 1 is 1.28 bits per heavy atom. The van der Waals surface area contributed by atoms with Crippen LogP contribution in [0.1, 0.15) is 35.6 Å². The van der Waals surface area contributed by atoms with Crippen molar-refractivity contribution < 1.29 is 4.74 Å². The highest BCUT2D eigenvalue weighted by Gasteiger charge is 2.56. The highest BCUT2D eigenvalue weighted by atomic mass is 35.5. The van der Waals surface area contributed by atoms with Crippen LogP contribution in [0.15, 0.2) is 0 Å². The van der Waals surface area contributed by atoms with E-state index in [0.717, 1.165) is 39.4 Å². The number of nitrogens with zero attached hydrogens (tertiary/aromatic N) is 1. The number of rotatable bonds is 2. The minimum atomic E-state index is -0.405. The Labute approximate surface area is 114 Å². The van der Waals surface area contributed by atoms with Crippen molar-refractivity contribution in [3.8, 4) is 11.8 Å². The number of halogens is 1. The van der Waals surface area contributed by atoms with Crippen LogP contribution in [-0.2, 0) is 5.41 Å². The first-order valence-electron chi connectivity index (χ1n) is 6.15. The standard InChI is InChI=1S/C15H18ClNO/c1-8-6-15(8,7-17)12-11(4)13(16)9(2)10(3)14(12)18-5/h8H,6H2,1-5H3. The Bertz CT molecular complexity index is 559. The van der Waals surface area contributed by atoms with E-state index in [4.69, 9.17) is 16.3 Å². The summed E-state index contributed by atoms with van der Waals surface area (Å²) in [6.45, 7) is 8.08. The van der Waals surface area contributed by atoms with Crippen LogP contribution in [0, 0.1) is 38.0 Å². The second kappa shape index (κ2) is 4.17. The van der Waals surface area contributed by atoms with Gasteiger partial charge < -0.3 is 4.74 Å². The molecule has 0 heterocycles. The van der Waals surface area contributed by atoms with Crippen molar-refractivity contribution in [2.45, 2.75) is 39.5 Å². The van der Waals surface area contributed by atoms with Crippen LogP contribution in [0.25, 0.3) is 0 Å². The molecule has 1 aromatic carbocycles. The van der Waals surface area contributed by atoms with E-state index in [9.17, 15) is 5.26 Å². The van der Waals surface area contributed by atoms with Gasteiger partial charge in [0.05, 0.1) is 18.6 Å². The summed E-state index contributed by atoms with van der Waals surface area (Å²) in [4.78, 5) is 0. The fraction of sp³-hybridized carbons (Fsp3) is 0.533. The van der Waals surface area contributed by atoms with Gasteiger partial charge in [-0.15, -0.1) is 0 Å². The topological polar surface area (TPSA) is 33.0 Å². The van der Waals surface area contributed by atoms with Crippen LogP contribution in [0.5, 0.6) is 5.75 Å². The first-order chi connectivity index (χ1) is 8.40. The predicted molar refractivity (Wildman–Crippen MR) is 73.3 cm³/mol. The average molecular weight is 264 g/mol. The van der Waals surface area contributed by atoms with Crippen LogP contribution in [0.4, 0.5) is 0 Å². The van der Waals surface area contributed by atoms with Gasteiger partial charge in [-0.1, -0.05) is 18.5 Å². The van der Waals surface area contributed by atoms with Crippen LogP contribution >= 0.6 is 11.6 Å². The smallest absolute Gasteiger partial charge is 0.127 e. The summed E-state index contributed by atoms with van der Waals surface area (Å²) in [5.41, 5.74) is 3.65. The van der Waals surface area contributed by atoms with E-state index in [1.54, 1.807) is 7.11 Å². The summed E-state index contributed by atoms with van der Waals surface area (Å²) in [5.74, 6) is 1.20.